The van der Waals surface area contributed by atoms with Crippen molar-refractivity contribution in [2.45, 2.75) is 17.3 Å². The molecule has 1 aliphatic heterocycles. The van der Waals surface area contributed by atoms with Crippen LogP contribution in [0.15, 0.2) is 76.7 Å². The molecule has 1 N–H and O–H groups in total. The number of aromatic nitrogens is 2. The van der Waals surface area contributed by atoms with Gasteiger partial charge in [-0.25, -0.2) is 9.37 Å². The fourth-order valence-electron chi connectivity index (χ4n) is 3.47. The van der Waals surface area contributed by atoms with E-state index in [2.05, 4.69) is 10.3 Å². The van der Waals surface area contributed by atoms with Gasteiger partial charge >= 0.3 is 0 Å². The number of amides is 1. The highest BCUT2D eigenvalue weighted by Crippen LogP contribution is 2.34. The number of anilines is 1. The summed E-state index contributed by atoms with van der Waals surface area (Å²) in [6, 6.07) is 17.9. The molecular formula is C24H18FN3O4S. The van der Waals surface area contributed by atoms with Crippen LogP contribution in [0.2, 0.25) is 0 Å². The van der Waals surface area contributed by atoms with E-state index < -0.39 is 16.6 Å². The fraction of sp³-hybridized carbons (Fsp3) is 0.125. The van der Waals surface area contributed by atoms with Crippen molar-refractivity contribution >= 4 is 34.3 Å². The van der Waals surface area contributed by atoms with E-state index >= 15 is 0 Å². The van der Waals surface area contributed by atoms with Crippen LogP contribution < -0.4 is 20.3 Å². The van der Waals surface area contributed by atoms with Crippen molar-refractivity contribution in [3.8, 4) is 17.2 Å². The van der Waals surface area contributed by atoms with Gasteiger partial charge in [-0.15, -0.1) is 0 Å². The Morgan fingerprint density at radius 1 is 1.09 bits per heavy atom. The Kier molecular flexibility index (Phi) is 5.47. The van der Waals surface area contributed by atoms with Crippen molar-refractivity contribution in [3.05, 3.63) is 82.9 Å². The zero-order valence-corrected chi connectivity index (χ0v) is 18.3. The molecule has 3 aromatic carbocycles. The van der Waals surface area contributed by atoms with Crippen LogP contribution in [-0.2, 0) is 4.79 Å². The molecule has 0 fully saturated rings. The van der Waals surface area contributed by atoms with Crippen LogP contribution in [0.4, 0.5) is 10.1 Å². The summed E-state index contributed by atoms with van der Waals surface area (Å²) in [5.74, 6) is 0.305. The molecule has 1 aromatic heterocycles. The fourth-order valence-corrected chi connectivity index (χ4v) is 4.39. The summed E-state index contributed by atoms with van der Waals surface area (Å²) in [5.41, 5.74) is 0.693. The molecule has 4 aromatic rings. The molecule has 0 saturated carbocycles. The Morgan fingerprint density at radius 2 is 1.85 bits per heavy atom. The second-order valence-corrected chi connectivity index (χ2v) is 8.63. The highest BCUT2D eigenvalue weighted by atomic mass is 32.2. The highest BCUT2D eigenvalue weighted by Gasteiger charge is 2.22. The number of fused-ring (bicyclic) bond motifs is 2. The lowest BCUT2D eigenvalue weighted by Crippen LogP contribution is -2.26. The third-order valence-electron chi connectivity index (χ3n) is 5.13. The predicted molar refractivity (Wildman–Crippen MR) is 124 cm³/mol. The molecule has 0 radical (unpaired) electrons. The number of nitrogens with one attached hydrogen (secondary N) is 1. The molecule has 0 bridgehead atoms. The number of thioether (sulfide) groups is 1. The van der Waals surface area contributed by atoms with Gasteiger partial charge < -0.3 is 14.8 Å². The van der Waals surface area contributed by atoms with Crippen LogP contribution in [0, 0.1) is 5.82 Å². The molecule has 33 heavy (non-hydrogen) atoms. The summed E-state index contributed by atoms with van der Waals surface area (Å²) in [4.78, 5) is 30.7. The summed E-state index contributed by atoms with van der Waals surface area (Å²) < 4.78 is 26.5. The van der Waals surface area contributed by atoms with Gasteiger partial charge in [-0.1, -0.05) is 36.0 Å². The molecule has 0 spiro atoms. The van der Waals surface area contributed by atoms with Gasteiger partial charge in [0.25, 0.3) is 5.56 Å². The van der Waals surface area contributed by atoms with E-state index in [4.69, 9.17) is 9.47 Å². The average molecular weight is 463 g/mol. The number of para-hydroxylation sites is 2. The van der Waals surface area contributed by atoms with Gasteiger partial charge in [-0.2, -0.15) is 0 Å². The van der Waals surface area contributed by atoms with Gasteiger partial charge in [0.15, 0.2) is 16.7 Å². The van der Waals surface area contributed by atoms with Crippen LogP contribution in [-0.4, -0.2) is 27.5 Å². The van der Waals surface area contributed by atoms with E-state index in [-0.39, 0.29) is 23.5 Å². The molecule has 1 aliphatic rings. The smallest absolute Gasteiger partial charge is 0.266 e. The zero-order chi connectivity index (χ0) is 22.9. The maximum atomic E-state index is 14.6. The Hall–Kier alpha value is -3.85. The first-order chi connectivity index (χ1) is 16.0. The van der Waals surface area contributed by atoms with E-state index in [1.165, 1.54) is 16.7 Å². The van der Waals surface area contributed by atoms with Crippen molar-refractivity contribution < 1.29 is 18.7 Å². The lowest BCUT2D eigenvalue weighted by atomic mass is 10.2. The summed E-state index contributed by atoms with van der Waals surface area (Å²) in [6.45, 7) is 1.83. The number of carbonyl (C=O) groups is 1. The van der Waals surface area contributed by atoms with Crippen molar-refractivity contribution in [1.82, 2.24) is 9.55 Å². The van der Waals surface area contributed by atoms with E-state index in [1.807, 2.05) is 0 Å². The van der Waals surface area contributed by atoms with Gasteiger partial charge in [0, 0.05) is 11.8 Å². The topological polar surface area (TPSA) is 82.5 Å². The molecule has 2 heterocycles. The Morgan fingerprint density at radius 3 is 2.70 bits per heavy atom. The lowest BCUT2D eigenvalue weighted by molar-refractivity contribution is -0.115. The van der Waals surface area contributed by atoms with Crippen LogP contribution in [0.3, 0.4) is 0 Å². The molecule has 1 amide bonds. The molecule has 5 rings (SSSR count). The van der Waals surface area contributed by atoms with Gasteiger partial charge in [0.1, 0.15) is 5.82 Å². The van der Waals surface area contributed by atoms with Gasteiger partial charge in [-0.3, -0.25) is 14.2 Å². The van der Waals surface area contributed by atoms with Crippen LogP contribution in [0.25, 0.3) is 16.6 Å². The number of halogens is 1. The first-order valence-corrected chi connectivity index (χ1v) is 11.0. The third-order valence-corrected chi connectivity index (χ3v) is 6.18. The normalized spacial score (nSPS) is 13.2. The largest absolute Gasteiger partial charge is 0.454 e. The van der Waals surface area contributed by atoms with Gasteiger partial charge in [0.05, 0.1) is 21.8 Å². The summed E-state index contributed by atoms with van der Waals surface area (Å²) in [5, 5.41) is 2.78. The molecule has 0 saturated heterocycles. The van der Waals surface area contributed by atoms with Crippen LogP contribution >= 0.6 is 11.8 Å². The minimum Gasteiger partial charge on any atom is -0.454 e. The molecule has 1 unspecified atom stereocenters. The van der Waals surface area contributed by atoms with Crippen LogP contribution in [0.1, 0.15) is 6.92 Å². The standard InChI is InChI=1S/C24H18FN3O4S/c1-14(22(29)26-15-10-11-20-21(12-15)32-13-31-20)33-24-27-18-8-4-2-6-16(18)23(30)28(24)19-9-5-3-7-17(19)25/h2-12,14H,13H2,1H3,(H,26,29). The monoisotopic (exact) mass is 463 g/mol. The van der Waals surface area contributed by atoms with E-state index in [1.54, 1.807) is 61.5 Å². The van der Waals surface area contributed by atoms with Crippen LogP contribution in [0.5, 0.6) is 11.5 Å². The van der Waals surface area contributed by atoms with E-state index in [0.29, 0.717) is 28.1 Å². The number of benzene rings is 3. The maximum Gasteiger partial charge on any atom is 0.266 e. The summed E-state index contributed by atoms with van der Waals surface area (Å²) in [6.07, 6.45) is 0. The molecule has 7 nitrogen and oxygen atoms in total. The number of hydrogen-bond donors (Lipinski definition) is 1. The number of nitrogens with zero attached hydrogens (tertiary/aromatic N) is 2. The minimum atomic E-state index is -0.637. The molecule has 1 atom stereocenters. The summed E-state index contributed by atoms with van der Waals surface area (Å²) in [7, 11) is 0. The predicted octanol–water partition coefficient (Wildman–Crippen LogP) is 4.37. The Balaban J connectivity index is 1.49. The second kappa shape index (κ2) is 8.59. The zero-order valence-electron chi connectivity index (χ0n) is 17.4. The van der Waals surface area contributed by atoms with E-state index in [9.17, 15) is 14.0 Å². The Bertz CT molecular complexity index is 1440. The van der Waals surface area contributed by atoms with Crippen molar-refractivity contribution in [2.75, 3.05) is 12.1 Å². The average Bonchev–Trinajstić information content (AvgIpc) is 3.28. The molecule has 0 aliphatic carbocycles. The van der Waals surface area contributed by atoms with Gasteiger partial charge in [0.2, 0.25) is 12.7 Å². The number of ether oxygens (including phenoxy) is 2. The Labute approximate surface area is 192 Å². The highest BCUT2D eigenvalue weighted by molar-refractivity contribution is 8.00. The molecule has 166 valence electrons. The molecular weight excluding hydrogens is 445 g/mol. The van der Waals surface area contributed by atoms with Gasteiger partial charge in [-0.05, 0) is 43.3 Å². The van der Waals surface area contributed by atoms with Crippen molar-refractivity contribution in [2.24, 2.45) is 0 Å². The first-order valence-electron chi connectivity index (χ1n) is 10.1. The van der Waals surface area contributed by atoms with Crippen molar-refractivity contribution in [3.63, 3.8) is 0 Å². The van der Waals surface area contributed by atoms with E-state index in [0.717, 1.165) is 11.8 Å². The third kappa shape index (κ3) is 4.03. The second-order valence-electron chi connectivity index (χ2n) is 7.32. The molecule has 9 heteroatoms. The summed E-state index contributed by atoms with van der Waals surface area (Å²) >= 11 is 1.07. The maximum absolute atomic E-state index is 14.6. The number of hydrogen-bond acceptors (Lipinski definition) is 6. The quantitative estimate of drug-likeness (QED) is 0.350. The number of carbonyl (C=O) groups excluding carboxylic acids is 1. The lowest BCUT2D eigenvalue weighted by Gasteiger charge is -2.17. The SMILES string of the molecule is CC(Sc1nc2ccccc2c(=O)n1-c1ccccc1F)C(=O)Nc1ccc2c(c1)OCO2. The first kappa shape index (κ1) is 21.0. The van der Waals surface area contributed by atoms with Crippen molar-refractivity contribution in [1.29, 1.82) is 0 Å². The minimum absolute atomic E-state index is 0.0756. The number of rotatable bonds is 5.